The molecule has 2 aromatic rings. The van der Waals surface area contributed by atoms with E-state index in [1.165, 1.54) is 0 Å². The molecule has 1 saturated heterocycles. The number of nitrogens with one attached hydrogen (secondary N) is 1. The maximum atomic E-state index is 12.7. The van der Waals surface area contributed by atoms with E-state index >= 15 is 0 Å². The highest BCUT2D eigenvalue weighted by atomic mass is 16.2. The molecular formula is C19H20N2O2. The fraction of sp³-hybridized carbons (Fsp3) is 0.263. The van der Waals surface area contributed by atoms with Gasteiger partial charge in [0.05, 0.1) is 6.04 Å². The molecule has 2 unspecified atom stereocenters. The number of benzene rings is 2. The minimum atomic E-state index is -0.434. The fourth-order valence-electron chi connectivity index (χ4n) is 2.98. The highest BCUT2D eigenvalue weighted by molar-refractivity contribution is 6.03. The average Bonchev–Trinajstić information content (AvgIpc) is 2.98. The first-order valence-electron chi connectivity index (χ1n) is 7.89. The van der Waals surface area contributed by atoms with Gasteiger partial charge in [0.15, 0.2) is 0 Å². The van der Waals surface area contributed by atoms with E-state index in [0.29, 0.717) is 12.8 Å². The van der Waals surface area contributed by atoms with Gasteiger partial charge in [0, 0.05) is 12.1 Å². The second-order valence-corrected chi connectivity index (χ2v) is 5.79. The van der Waals surface area contributed by atoms with Crippen LogP contribution in [0.25, 0.3) is 0 Å². The standard InChI is InChI=1S/C19H20N2O2/c1-14(15-8-4-2-5-9-15)20-19(23)17-12-13-18(22)21(17)16-10-6-3-7-11-16/h2-11,14,17H,12-13H2,1H3,(H,20,23). The lowest BCUT2D eigenvalue weighted by molar-refractivity contribution is -0.124. The second kappa shape index (κ2) is 6.65. The average molecular weight is 308 g/mol. The van der Waals surface area contributed by atoms with Gasteiger partial charge in [-0.05, 0) is 31.0 Å². The maximum Gasteiger partial charge on any atom is 0.243 e. The molecule has 0 radical (unpaired) electrons. The molecule has 4 heteroatoms. The van der Waals surface area contributed by atoms with Crippen molar-refractivity contribution >= 4 is 17.5 Å². The van der Waals surface area contributed by atoms with Gasteiger partial charge in [0.2, 0.25) is 11.8 Å². The minimum absolute atomic E-state index is 0.00344. The van der Waals surface area contributed by atoms with Crippen LogP contribution in [0, 0.1) is 0 Å². The lowest BCUT2D eigenvalue weighted by atomic mass is 10.1. The van der Waals surface area contributed by atoms with E-state index < -0.39 is 6.04 Å². The van der Waals surface area contributed by atoms with E-state index in [1.54, 1.807) is 4.90 Å². The molecule has 1 fully saturated rings. The summed E-state index contributed by atoms with van der Waals surface area (Å²) in [6, 6.07) is 18.7. The number of rotatable bonds is 4. The molecule has 2 atom stereocenters. The van der Waals surface area contributed by atoms with Gasteiger partial charge in [0.1, 0.15) is 6.04 Å². The van der Waals surface area contributed by atoms with Gasteiger partial charge in [-0.2, -0.15) is 0 Å². The van der Waals surface area contributed by atoms with Crippen LogP contribution in [0.4, 0.5) is 5.69 Å². The van der Waals surface area contributed by atoms with Crippen LogP contribution in [0.3, 0.4) is 0 Å². The molecule has 1 heterocycles. The Bertz CT molecular complexity index is 685. The highest BCUT2D eigenvalue weighted by Gasteiger charge is 2.37. The summed E-state index contributed by atoms with van der Waals surface area (Å²) >= 11 is 0. The normalized spacial score (nSPS) is 18.7. The van der Waals surface area contributed by atoms with Crippen molar-refractivity contribution in [3.8, 4) is 0 Å². The molecule has 0 aliphatic carbocycles. The minimum Gasteiger partial charge on any atom is -0.348 e. The molecule has 0 bridgehead atoms. The van der Waals surface area contributed by atoms with Crippen LogP contribution in [0.1, 0.15) is 31.4 Å². The first-order chi connectivity index (χ1) is 11.2. The van der Waals surface area contributed by atoms with Crippen LogP contribution in [0.5, 0.6) is 0 Å². The van der Waals surface area contributed by atoms with Crippen molar-refractivity contribution in [3.05, 3.63) is 66.2 Å². The van der Waals surface area contributed by atoms with Gasteiger partial charge in [-0.1, -0.05) is 48.5 Å². The Hall–Kier alpha value is -2.62. The van der Waals surface area contributed by atoms with Crippen LogP contribution < -0.4 is 10.2 Å². The summed E-state index contributed by atoms with van der Waals surface area (Å²) in [5, 5.41) is 3.03. The van der Waals surface area contributed by atoms with Crippen molar-refractivity contribution < 1.29 is 9.59 Å². The Morgan fingerprint density at radius 3 is 2.35 bits per heavy atom. The zero-order chi connectivity index (χ0) is 16.2. The maximum absolute atomic E-state index is 12.7. The topological polar surface area (TPSA) is 49.4 Å². The van der Waals surface area contributed by atoms with E-state index in [2.05, 4.69) is 5.32 Å². The largest absolute Gasteiger partial charge is 0.348 e. The zero-order valence-electron chi connectivity index (χ0n) is 13.1. The third-order valence-electron chi connectivity index (χ3n) is 4.21. The predicted octanol–water partition coefficient (Wildman–Crippen LogP) is 3.06. The van der Waals surface area contributed by atoms with Crippen molar-refractivity contribution in [2.24, 2.45) is 0 Å². The lowest BCUT2D eigenvalue weighted by Crippen LogP contribution is -2.45. The molecule has 0 spiro atoms. The van der Waals surface area contributed by atoms with Crippen molar-refractivity contribution in [3.63, 3.8) is 0 Å². The third-order valence-corrected chi connectivity index (χ3v) is 4.21. The van der Waals surface area contributed by atoms with Gasteiger partial charge >= 0.3 is 0 Å². The van der Waals surface area contributed by atoms with Gasteiger partial charge in [-0.15, -0.1) is 0 Å². The monoisotopic (exact) mass is 308 g/mol. The Kier molecular flexibility index (Phi) is 4.42. The highest BCUT2D eigenvalue weighted by Crippen LogP contribution is 2.27. The van der Waals surface area contributed by atoms with Crippen molar-refractivity contribution in [2.45, 2.75) is 31.8 Å². The fourth-order valence-corrected chi connectivity index (χ4v) is 2.98. The summed E-state index contributed by atoms with van der Waals surface area (Å²) in [7, 11) is 0. The number of para-hydroxylation sites is 1. The number of hydrogen-bond donors (Lipinski definition) is 1. The molecule has 4 nitrogen and oxygen atoms in total. The molecule has 0 aromatic heterocycles. The lowest BCUT2D eigenvalue weighted by Gasteiger charge is -2.25. The van der Waals surface area contributed by atoms with Gasteiger partial charge < -0.3 is 5.32 Å². The number of amides is 2. The summed E-state index contributed by atoms with van der Waals surface area (Å²) in [5.74, 6) is -0.0974. The van der Waals surface area contributed by atoms with E-state index in [4.69, 9.17) is 0 Å². The summed E-state index contributed by atoms with van der Waals surface area (Å²) in [5.41, 5.74) is 1.83. The molecule has 1 aliphatic heterocycles. The molecule has 23 heavy (non-hydrogen) atoms. The number of nitrogens with zero attached hydrogens (tertiary/aromatic N) is 1. The van der Waals surface area contributed by atoms with E-state index in [0.717, 1.165) is 11.3 Å². The summed E-state index contributed by atoms with van der Waals surface area (Å²) < 4.78 is 0. The molecule has 1 aliphatic rings. The number of hydrogen-bond acceptors (Lipinski definition) is 2. The third kappa shape index (κ3) is 3.26. The number of carbonyl (C=O) groups excluding carboxylic acids is 2. The first-order valence-corrected chi connectivity index (χ1v) is 7.89. The molecule has 1 N–H and O–H groups in total. The molecule has 0 saturated carbocycles. The van der Waals surface area contributed by atoms with Crippen LogP contribution >= 0.6 is 0 Å². The molecular weight excluding hydrogens is 288 g/mol. The van der Waals surface area contributed by atoms with Crippen molar-refractivity contribution in [2.75, 3.05) is 4.90 Å². The summed E-state index contributed by atoms with van der Waals surface area (Å²) in [6.45, 7) is 1.96. The van der Waals surface area contributed by atoms with Gasteiger partial charge in [0.25, 0.3) is 0 Å². The van der Waals surface area contributed by atoms with E-state index in [-0.39, 0.29) is 17.9 Å². The quantitative estimate of drug-likeness (QED) is 0.943. The van der Waals surface area contributed by atoms with Crippen molar-refractivity contribution in [1.29, 1.82) is 0 Å². The van der Waals surface area contributed by atoms with Crippen LogP contribution in [-0.4, -0.2) is 17.9 Å². The van der Waals surface area contributed by atoms with Crippen molar-refractivity contribution in [1.82, 2.24) is 5.32 Å². The van der Waals surface area contributed by atoms with Crippen LogP contribution in [0.2, 0.25) is 0 Å². The molecule has 3 rings (SSSR count). The van der Waals surface area contributed by atoms with Gasteiger partial charge in [-0.3, -0.25) is 14.5 Å². The second-order valence-electron chi connectivity index (χ2n) is 5.79. The SMILES string of the molecule is CC(NC(=O)C1CCC(=O)N1c1ccccc1)c1ccccc1. The molecule has 2 amide bonds. The molecule has 2 aromatic carbocycles. The smallest absolute Gasteiger partial charge is 0.243 e. The summed E-state index contributed by atoms with van der Waals surface area (Å²) in [4.78, 5) is 26.5. The zero-order valence-corrected chi connectivity index (χ0v) is 13.1. The predicted molar refractivity (Wildman–Crippen MR) is 89.9 cm³/mol. The molecule has 118 valence electrons. The first kappa shape index (κ1) is 15.3. The summed E-state index contributed by atoms with van der Waals surface area (Å²) in [6.07, 6.45) is 0.966. The number of anilines is 1. The van der Waals surface area contributed by atoms with Crippen LogP contribution in [-0.2, 0) is 9.59 Å². The van der Waals surface area contributed by atoms with Gasteiger partial charge in [-0.25, -0.2) is 0 Å². The Balaban J connectivity index is 1.75. The number of carbonyl (C=O) groups is 2. The van der Waals surface area contributed by atoms with Crippen LogP contribution in [0.15, 0.2) is 60.7 Å². The Morgan fingerprint density at radius 2 is 1.70 bits per heavy atom. The Labute approximate surface area is 136 Å². The van der Waals surface area contributed by atoms with E-state index in [1.807, 2.05) is 67.6 Å². The van der Waals surface area contributed by atoms with E-state index in [9.17, 15) is 9.59 Å². The Morgan fingerprint density at radius 1 is 1.09 bits per heavy atom.